The van der Waals surface area contributed by atoms with Gasteiger partial charge < -0.3 is 0 Å². The molecule has 19 heavy (non-hydrogen) atoms. The predicted octanol–water partition coefficient (Wildman–Crippen LogP) is 4.42. The Hall–Kier alpha value is -0.120. The minimum atomic E-state index is 0.152. The Bertz CT molecular complexity index is 391. The molecule has 0 bridgehead atoms. The number of halogens is 1. The summed E-state index contributed by atoms with van der Waals surface area (Å²) in [5.74, 6) is 0.716. The highest BCUT2D eigenvalue weighted by Gasteiger charge is 2.24. The van der Waals surface area contributed by atoms with Gasteiger partial charge in [-0.05, 0) is 12.8 Å². The summed E-state index contributed by atoms with van der Waals surface area (Å²) in [6.45, 7) is 8.62. The van der Waals surface area contributed by atoms with Crippen molar-refractivity contribution in [2.45, 2.75) is 64.5 Å². The second-order valence-electron chi connectivity index (χ2n) is 6.47. The second kappa shape index (κ2) is 6.55. The van der Waals surface area contributed by atoms with Crippen LogP contribution < -0.4 is 0 Å². The Morgan fingerprint density at radius 2 is 2.05 bits per heavy atom. The molecule has 1 saturated carbocycles. The van der Waals surface area contributed by atoms with Crippen LogP contribution in [0.5, 0.6) is 0 Å². The molecule has 1 aliphatic carbocycles. The van der Waals surface area contributed by atoms with E-state index in [0.717, 1.165) is 19.1 Å². The molecule has 0 unspecified atom stereocenters. The first-order valence-corrected chi connectivity index (χ1v) is 8.67. The topological polar surface area (TPSA) is 16.1 Å². The van der Waals surface area contributed by atoms with Crippen molar-refractivity contribution in [3.8, 4) is 0 Å². The Kier molecular flexibility index (Phi) is 5.27. The van der Waals surface area contributed by atoms with Crippen LogP contribution in [-0.2, 0) is 12.0 Å². The van der Waals surface area contributed by atoms with Crippen molar-refractivity contribution in [3.05, 3.63) is 16.1 Å². The van der Waals surface area contributed by atoms with Gasteiger partial charge in [0.15, 0.2) is 0 Å². The molecule has 1 aromatic rings. The SMILES string of the molecule is CC(C)(C)c1csc(CN(CCCl)C2CCCC2)n1. The molecule has 0 radical (unpaired) electrons. The van der Waals surface area contributed by atoms with Crippen LogP contribution in [0.25, 0.3) is 0 Å². The molecule has 0 N–H and O–H groups in total. The van der Waals surface area contributed by atoms with E-state index in [4.69, 9.17) is 16.6 Å². The van der Waals surface area contributed by atoms with Gasteiger partial charge in [0.25, 0.3) is 0 Å². The maximum absolute atomic E-state index is 5.96. The molecular weight excluding hydrogens is 276 g/mol. The fourth-order valence-electron chi connectivity index (χ4n) is 2.67. The lowest BCUT2D eigenvalue weighted by atomic mass is 9.93. The van der Waals surface area contributed by atoms with Gasteiger partial charge in [-0.1, -0.05) is 33.6 Å². The zero-order chi connectivity index (χ0) is 13.9. The second-order valence-corrected chi connectivity index (χ2v) is 7.79. The van der Waals surface area contributed by atoms with Crippen LogP contribution >= 0.6 is 22.9 Å². The van der Waals surface area contributed by atoms with Gasteiger partial charge >= 0.3 is 0 Å². The number of alkyl halides is 1. The van der Waals surface area contributed by atoms with Crippen molar-refractivity contribution < 1.29 is 0 Å². The Morgan fingerprint density at radius 3 is 2.58 bits per heavy atom. The van der Waals surface area contributed by atoms with Gasteiger partial charge in [0.1, 0.15) is 5.01 Å². The van der Waals surface area contributed by atoms with Gasteiger partial charge in [0.2, 0.25) is 0 Å². The van der Waals surface area contributed by atoms with Crippen LogP contribution in [0, 0.1) is 0 Å². The molecule has 0 amide bonds. The van der Waals surface area contributed by atoms with Crippen LogP contribution in [0.3, 0.4) is 0 Å². The van der Waals surface area contributed by atoms with Gasteiger partial charge in [0.05, 0.1) is 12.2 Å². The number of rotatable bonds is 5. The van der Waals surface area contributed by atoms with Crippen molar-refractivity contribution in [2.75, 3.05) is 12.4 Å². The molecule has 0 aromatic carbocycles. The zero-order valence-electron chi connectivity index (χ0n) is 12.3. The summed E-state index contributed by atoms with van der Waals surface area (Å²) in [5, 5.41) is 3.45. The molecule has 0 atom stereocenters. The third-order valence-corrected chi connectivity index (χ3v) is 4.87. The Morgan fingerprint density at radius 1 is 1.37 bits per heavy atom. The molecule has 1 heterocycles. The molecule has 108 valence electrons. The average molecular weight is 301 g/mol. The first-order valence-electron chi connectivity index (χ1n) is 7.25. The van der Waals surface area contributed by atoms with Crippen molar-refractivity contribution in [2.24, 2.45) is 0 Å². The van der Waals surface area contributed by atoms with E-state index in [0.29, 0.717) is 5.88 Å². The first-order chi connectivity index (χ1) is 9.00. The molecule has 2 nitrogen and oxygen atoms in total. The highest BCUT2D eigenvalue weighted by atomic mass is 35.5. The number of hydrogen-bond acceptors (Lipinski definition) is 3. The maximum Gasteiger partial charge on any atom is 0.107 e. The largest absolute Gasteiger partial charge is 0.293 e. The normalized spacial score (nSPS) is 17.5. The summed E-state index contributed by atoms with van der Waals surface area (Å²) < 4.78 is 0. The van der Waals surface area contributed by atoms with Crippen LogP contribution in [0.1, 0.15) is 57.2 Å². The summed E-state index contributed by atoms with van der Waals surface area (Å²) >= 11 is 7.75. The molecule has 4 heteroatoms. The lowest BCUT2D eigenvalue weighted by Crippen LogP contribution is -2.34. The standard InChI is InChI=1S/C15H25ClN2S/c1-15(2,3)13-11-19-14(17-13)10-18(9-8-16)12-6-4-5-7-12/h11-12H,4-10H2,1-3H3. The summed E-state index contributed by atoms with van der Waals surface area (Å²) in [7, 11) is 0. The van der Waals surface area contributed by atoms with E-state index >= 15 is 0 Å². The smallest absolute Gasteiger partial charge is 0.107 e. The van der Waals surface area contributed by atoms with E-state index in [9.17, 15) is 0 Å². The van der Waals surface area contributed by atoms with Crippen molar-refractivity contribution in [3.63, 3.8) is 0 Å². The Labute approximate surface area is 126 Å². The van der Waals surface area contributed by atoms with Gasteiger partial charge in [-0.3, -0.25) is 4.90 Å². The van der Waals surface area contributed by atoms with E-state index in [2.05, 4.69) is 31.1 Å². The van der Waals surface area contributed by atoms with Crippen molar-refractivity contribution in [1.29, 1.82) is 0 Å². The van der Waals surface area contributed by atoms with Crippen molar-refractivity contribution in [1.82, 2.24) is 9.88 Å². The molecule has 1 aromatic heterocycles. The minimum absolute atomic E-state index is 0.152. The van der Waals surface area contributed by atoms with Crippen LogP contribution in [-0.4, -0.2) is 28.4 Å². The van der Waals surface area contributed by atoms with E-state index in [1.807, 2.05) is 0 Å². The van der Waals surface area contributed by atoms with Gasteiger partial charge in [-0.25, -0.2) is 4.98 Å². The zero-order valence-corrected chi connectivity index (χ0v) is 13.9. The molecule has 0 saturated heterocycles. The van der Waals surface area contributed by atoms with Crippen molar-refractivity contribution >= 4 is 22.9 Å². The molecule has 1 aliphatic rings. The summed E-state index contributed by atoms with van der Waals surface area (Å²) in [5.41, 5.74) is 1.36. The quantitative estimate of drug-likeness (QED) is 0.748. The van der Waals surface area contributed by atoms with Gasteiger partial charge in [0, 0.05) is 29.3 Å². The van der Waals surface area contributed by atoms with Gasteiger partial charge in [-0.15, -0.1) is 22.9 Å². The molecular formula is C15H25ClN2S. The lowest BCUT2D eigenvalue weighted by Gasteiger charge is -2.27. The third kappa shape index (κ3) is 4.17. The minimum Gasteiger partial charge on any atom is -0.293 e. The summed E-state index contributed by atoms with van der Waals surface area (Å²) in [6.07, 6.45) is 5.39. The highest BCUT2D eigenvalue weighted by Crippen LogP contribution is 2.28. The Balaban J connectivity index is 2.02. The first kappa shape index (κ1) is 15.3. The highest BCUT2D eigenvalue weighted by molar-refractivity contribution is 7.09. The fourth-order valence-corrected chi connectivity index (χ4v) is 3.93. The van der Waals surface area contributed by atoms with E-state index in [-0.39, 0.29) is 5.41 Å². The van der Waals surface area contributed by atoms with Gasteiger partial charge in [-0.2, -0.15) is 0 Å². The summed E-state index contributed by atoms with van der Waals surface area (Å²) in [4.78, 5) is 7.34. The van der Waals surface area contributed by atoms with Crippen LogP contribution in [0.4, 0.5) is 0 Å². The number of nitrogens with zero attached hydrogens (tertiary/aromatic N) is 2. The molecule has 0 spiro atoms. The maximum atomic E-state index is 5.96. The number of aromatic nitrogens is 1. The monoisotopic (exact) mass is 300 g/mol. The van der Waals surface area contributed by atoms with Crippen LogP contribution in [0.15, 0.2) is 5.38 Å². The number of hydrogen-bond donors (Lipinski definition) is 0. The molecule has 2 rings (SSSR count). The van der Waals surface area contributed by atoms with E-state index < -0.39 is 0 Å². The average Bonchev–Trinajstić information content (AvgIpc) is 2.98. The molecule has 1 fully saturated rings. The molecule has 0 aliphatic heterocycles. The number of thiazole rings is 1. The lowest BCUT2D eigenvalue weighted by molar-refractivity contribution is 0.201. The fraction of sp³-hybridized carbons (Fsp3) is 0.800. The predicted molar refractivity (Wildman–Crippen MR) is 84.2 cm³/mol. The third-order valence-electron chi connectivity index (χ3n) is 3.87. The van der Waals surface area contributed by atoms with E-state index in [1.54, 1.807) is 11.3 Å². The van der Waals surface area contributed by atoms with E-state index in [1.165, 1.54) is 36.4 Å². The van der Waals surface area contributed by atoms with Crippen LogP contribution in [0.2, 0.25) is 0 Å². The summed E-state index contributed by atoms with van der Waals surface area (Å²) in [6, 6.07) is 0.723.